The molecule has 172 valence electrons. The molecule has 2 N–H and O–H groups in total. The Balaban J connectivity index is 1.49. The lowest BCUT2D eigenvalue weighted by atomic mass is 9.96. The highest BCUT2D eigenvalue weighted by Gasteiger charge is 2.31. The highest BCUT2D eigenvalue weighted by molar-refractivity contribution is 6.00. The molecule has 2 aromatic carbocycles. The lowest BCUT2D eigenvalue weighted by Gasteiger charge is -2.30. The zero-order valence-corrected chi connectivity index (χ0v) is 17.2. The van der Waals surface area contributed by atoms with Crippen molar-refractivity contribution in [3.63, 3.8) is 0 Å². The Morgan fingerprint density at radius 2 is 1.76 bits per heavy atom. The van der Waals surface area contributed by atoms with E-state index in [1.165, 1.54) is 30.6 Å². The van der Waals surface area contributed by atoms with Crippen molar-refractivity contribution in [2.45, 2.75) is 19.2 Å². The molecule has 0 atom stereocenters. The molecule has 33 heavy (non-hydrogen) atoms. The van der Waals surface area contributed by atoms with Crippen molar-refractivity contribution in [3.05, 3.63) is 54.4 Å². The molecule has 11 heteroatoms. The van der Waals surface area contributed by atoms with Crippen LogP contribution in [0.25, 0.3) is 10.9 Å². The number of aromatic nitrogens is 2. The van der Waals surface area contributed by atoms with Gasteiger partial charge in [0.2, 0.25) is 0 Å². The van der Waals surface area contributed by atoms with Crippen LogP contribution in [0.1, 0.15) is 23.2 Å². The van der Waals surface area contributed by atoms with Gasteiger partial charge in [-0.3, -0.25) is 9.59 Å². The van der Waals surface area contributed by atoms with E-state index >= 15 is 0 Å². The first-order valence-electron chi connectivity index (χ1n) is 10.1. The van der Waals surface area contributed by atoms with Gasteiger partial charge in [0, 0.05) is 29.7 Å². The van der Waals surface area contributed by atoms with E-state index in [4.69, 9.17) is 5.11 Å². The molecule has 0 radical (unpaired) electrons. The Labute approximate surface area is 186 Å². The number of carbonyl (C=O) groups excluding carboxylic acids is 1. The number of fused-ring (bicyclic) bond motifs is 1. The van der Waals surface area contributed by atoms with E-state index in [-0.39, 0.29) is 11.7 Å². The number of amides is 1. The van der Waals surface area contributed by atoms with Crippen LogP contribution in [0, 0.1) is 5.92 Å². The molecule has 4 rings (SSSR count). The highest BCUT2D eigenvalue weighted by atomic mass is 19.4. The molecule has 0 bridgehead atoms. The number of carboxylic acid groups (broad SMARTS) is 1. The Morgan fingerprint density at radius 3 is 2.39 bits per heavy atom. The topological polar surface area (TPSA) is 105 Å². The molecule has 0 spiro atoms. The number of halogens is 3. The zero-order chi connectivity index (χ0) is 23.6. The quantitative estimate of drug-likeness (QED) is 0.588. The molecular formula is C22H19F3N4O4. The summed E-state index contributed by atoms with van der Waals surface area (Å²) in [5.74, 6) is -1.39. The maximum atomic E-state index is 12.9. The molecule has 2 heterocycles. The van der Waals surface area contributed by atoms with Gasteiger partial charge < -0.3 is 20.1 Å². The molecule has 1 amide bonds. The Kier molecular flexibility index (Phi) is 6.03. The third-order valence-electron chi connectivity index (χ3n) is 5.37. The minimum Gasteiger partial charge on any atom is -0.481 e. The lowest BCUT2D eigenvalue weighted by molar-refractivity contribution is -0.274. The number of carbonyl (C=O) groups is 2. The van der Waals surface area contributed by atoms with E-state index in [1.54, 1.807) is 23.1 Å². The van der Waals surface area contributed by atoms with Crippen LogP contribution in [-0.2, 0) is 4.79 Å². The molecule has 1 aromatic heterocycles. The number of likely N-dealkylation sites (tertiary alicyclic amines) is 1. The molecule has 3 aromatic rings. The summed E-state index contributed by atoms with van der Waals surface area (Å²) in [6.45, 7) is 0.747. The standard InChI is InChI=1S/C22H19F3N4O4/c23-22(24,25)33-16-4-2-15(3-5-16)28-19-17-6-1-14(11-18(17)26-12-27-19)20(30)29-9-7-13(8-10-29)21(31)32/h1-6,11-13H,7-10H2,(H,31,32)(H,26,27,28). The lowest BCUT2D eigenvalue weighted by Crippen LogP contribution is -2.40. The largest absolute Gasteiger partial charge is 0.573 e. The predicted octanol–water partition coefficient (Wildman–Crippen LogP) is 4.21. The van der Waals surface area contributed by atoms with Gasteiger partial charge in [-0.15, -0.1) is 13.2 Å². The summed E-state index contributed by atoms with van der Waals surface area (Å²) in [6, 6.07) is 10.2. The van der Waals surface area contributed by atoms with E-state index in [0.29, 0.717) is 53.9 Å². The van der Waals surface area contributed by atoms with Crippen LogP contribution in [0.15, 0.2) is 48.8 Å². The number of alkyl halides is 3. The molecule has 1 aliphatic heterocycles. The van der Waals surface area contributed by atoms with Gasteiger partial charge in [-0.05, 0) is 55.3 Å². The zero-order valence-electron chi connectivity index (χ0n) is 17.2. The van der Waals surface area contributed by atoms with Crippen LogP contribution in [0.5, 0.6) is 5.75 Å². The van der Waals surface area contributed by atoms with Gasteiger partial charge in [0.1, 0.15) is 17.9 Å². The number of benzene rings is 2. The number of aliphatic carboxylic acids is 1. The maximum Gasteiger partial charge on any atom is 0.573 e. The van der Waals surface area contributed by atoms with E-state index in [1.807, 2.05) is 0 Å². The number of nitrogens with zero attached hydrogens (tertiary/aromatic N) is 3. The molecular weight excluding hydrogens is 441 g/mol. The van der Waals surface area contributed by atoms with Gasteiger partial charge in [0.25, 0.3) is 5.91 Å². The normalized spacial score (nSPS) is 14.8. The summed E-state index contributed by atoms with van der Waals surface area (Å²) in [7, 11) is 0. The Hall–Kier alpha value is -3.89. The Morgan fingerprint density at radius 1 is 1.06 bits per heavy atom. The summed E-state index contributed by atoms with van der Waals surface area (Å²) in [5, 5.41) is 12.8. The number of hydrogen-bond acceptors (Lipinski definition) is 6. The summed E-state index contributed by atoms with van der Waals surface area (Å²) in [5.41, 5.74) is 1.43. The monoisotopic (exact) mass is 460 g/mol. The number of hydrogen-bond donors (Lipinski definition) is 2. The van der Waals surface area contributed by atoms with Gasteiger partial charge in [-0.25, -0.2) is 9.97 Å². The number of piperidine rings is 1. The molecule has 0 saturated carbocycles. The minimum atomic E-state index is -4.76. The fourth-order valence-electron chi connectivity index (χ4n) is 3.68. The fourth-order valence-corrected chi connectivity index (χ4v) is 3.68. The molecule has 1 aliphatic rings. The Bertz CT molecular complexity index is 1180. The number of ether oxygens (including phenoxy) is 1. The maximum absolute atomic E-state index is 12.9. The second-order valence-corrected chi connectivity index (χ2v) is 7.56. The van der Waals surface area contributed by atoms with Crippen LogP contribution >= 0.6 is 0 Å². The third kappa shape index (κ3) is 5.30. The average molecular weight is 460 g/mol. The van der Waals surface area contributed by atoms with Gasteiger partial charge in [0.15, 0.2) is 0 Å². The SMILES string of the molecule is O=C(O)C1CCN(C(=O)c2ccc3c(Nc4ccc(OC(F)(F)F)cc4)ncnc3c2)CC1. The van der Waals surface area contributed by atoms with Crippen molar-refractivity contribution < 1.29 is 32.6 Å². The van der Waals surface area contributed by atoms with Gasteiger partial charge in [-0.1, -0.05) is 0 Å². The van der Waals surface area contributed by atoms with Crippen LogP contribution < -0.4 is 10.1 Å². The van der Waals surface area contributed by atoms with Crippen molar-refractivity contribution in [1.29, 1.82) is 0 Å². The molecule has 0 aliphatic carbocycles. The second-order valence-electron chi connectivity index (χ2n) is 7.56. The summed E-state index contributed by atoms with van der Waals surface area (Å²) in [6.07, 6.45) is -2.62. The first-order chi connectivity index (χ1) is 15.7. The van der Waals surface area contributed by atoms with Crippen LogP contribution in [0.2, 0.25) is 0 Å². The summed E-state index contributed by atoms with van der Waals surface area (Å²) < 4.78 is 40.8. The van der Waals surface area contributed by atoms with Crippen molar-refractivity contribution in [2.75, 3.05) is 18.4 Å². The first kappa shape index (κ1) is 22.3. The van der Waals surface area contributed by atoms with Crippen molar-refractivity contribution >= 4 is 34.3 Å². The average Bonchev–Trinajstić information content (AvgIpc) is 2.79. The minimum absolute atomic E-state index is 0.200. The van der Waals surface area contributed by atoms with Gasteiger partial charge in [-0.2, -0.15) is 0 Å². The molecule has 1 saturated heterocycles. The van der Waals surface area contributed by atoms with Crippen molar-refractivity contribution in [1.82, 2.24) is 14.9 Å². The number of carboxylic acids is 1. The van der Waals surface area contributed by atoms with Crippen molar-refractivity contribution in [3.8, 4) is 5.75 Å². The van der Waals surface area contributed by atoms with Crippen LogP contribution in [0.3, 0.4) is 0 Å². The van der Waals surface area contributed by atoms with Crippen LogP contribution in [-0.4, -0.2) is 51.3 Å². The second kappa shape index (κ2) is 8.93. The molecule has 1 fully saturated rings. The predicted molar refractivity (Wildman–Crippen MR) is 112 cm³/mol. The third-order valence-corrected chi connectivity index (χ3v) is 5.37. The number of nitrogens with one attached hydrogen (secondary N) is 1. The highest BCUT2D eigenvalue weighted by Crippen LogP contribution is 2.28. The van der Waals surface area contributed by atoms with Gasteiger partial charge in [0.05, 0.1) is 11.4 Å². The van der Waals surface area contributed by atoms with Crippen molar-refractivity contribution in [2.24, 2.45) is 5.92 Å². The summed E-state index contributed by atoms with van der Waals surface area (Å²) in [4.78, 5) is 34.0. The van der Waals surface area contributed by atoms with E-state index < -0.39 is 18.2 Å². The number of rotatable bonds is 5. The first-order valence-corrected chi connectivity index (χ1v) is 10.1. The van der Waals surface area contributed by atoms with E-state index in [0.717, 1.165) is 0 Å². The molecule has 8 nitrogen and oxygen atoms in total. The van der Waals surface area contributed by atoms with E-state index in [2.05, 4.69) is 20.0 Å². The van der Waals surface area contributed by atoms with Gasteiger partial charge >= 0.3 is 12.3 Å². The molecule has 0 unspecified atom stereocenters. The smallest absolute Gasteiger partial charge is 0.481 e. The number of anilines is 2. The fraction of sp³-hybridized carbons (Fsp3) is 0.273. The van der Waals surface area contributed by atoms with E-state index in [9.17, 15) is 22.8 Å². The van der Waals surface area contributed by atoms with Crippen LogP contribution in [0.4, 0.5) is 24.7 Å². The summed E-state index contributed by atoms with van der Waals surface area (Å²) >= 11 is 0.